The van der Waals surface area contributed by atoms with Crippen molar-refractivity contribution >= 4 is 87.5 Å². The zero-order chi connectivity index (χ0) is 74.0. The summed E-state index contributed by atoms with van der Waals surface area (Å²) in [6.45, 7) is 0. The molecule has 6 aromatic heterocycles. The number of furan rings is 2. The second kappa shape index (κ2) is 27.5. The fraction of sp³-hybridized carbons (Fsp3) is 0. The lowest BCUT2D eigenvalue weighted by atomic mass is 9.93. The highest BCUT2D eigenvalue weighted by Gasteiger charge is 2.25. The SMILES string of the molecule is c1ccc(-c2ccc(-c3ccc4c(c3)oc3cc5c6ccccc6n(-c6ccccc6)c5cc34)c(-c3nc(-c4ccccc4)nc(-c4ccccc4)n3)c2)cc1.c1ccc(-c2ccc(-c3cccc4c3oc3cc5c6ccccc6n(-c6ccccc6)c5cc34)c(-c3nc(-c4ccccc4)nc(-c4ccccc4)n3)c2)cc1. The normalized spacial score (nSPS) is 11.6. The van der Waals surface area contributed by atoms with Gasteiger partial charge in [0.25, 0.3) is 0 Å². The van der Waals surface area contributed by atoms with Crippen molar-refractivity contribution in [2.45, 2.75) is 0 Å². The third kappa shape index (κ3) is 11.6. The highest BCUT2D eigenvalue weighted by atomic mass is 16.3. The van der Waals surface area contributed by atoms with Gasteiger partial charge in [-0.05, 0) is 124 Å². The Morgan fingerprint density at radius 2 is 0.518 bits per heavy atom. The molecule has 0 fully saturated rings. The molecular formula is C102H64N8O2. The molecule has 0 bridgehead atoms. The largest absolute Gasteiger partial charge is 0.456 e. The Hall–Kier alpha value is -15.3. The average Bonchev–Trinajstić information content (AvgIpc) is 1.56. The molecule has 10 nitrogen and oxygen atoms in total. The fourth-order valence-corrected chi connectivity index (χ4v) is 16.0. The van der Waals surface area contributed by atoms with Crippen molar-refractivity contribution in [1.82, 2.24) is 39.0 Å². The lowest BCUT2D eigenvalue weighted by Crippen LogP contribution is -2.01. The molecule has 22 aromatic rings. The maximum Gasteiger partial charge on any atom is 0.164 e. The Bertz CT molecular complexity index is 7220. The van der Waals surface area contributed by atoms with Crippen LogP contribution in [-0.4, -0.2) is 39.0 Å². The van der Waals surface area contributed by atoms with Crippen LogP contribution >= 0.6 is 0 Å². The summed E-state index contributed by atoms with van der Waals surface area (Å²) >= 11 is 0. The minimum Gasteiger partial charge on any atom is -0.456 e. The monoisotopic (exact) mass is 1430 g/mol. The quantitative estimate of drug-likeness (QED) is 0.119. The molecule has 0 spiro atoms. The smallest absolute Gasteiger partial charge is 0.164 e. The van der Waals surface area contributed by atoms with Gasteiger partial charge in [0.1, 0.15) is 22.3 Å². The number of nitrogens with zero attached hydrogens (tertiary/aromatic N) is 8. The first-order chi connectivity index (χ1) is 55.5. The van der Waals surface area contributed by atoms with E-state index in [9.17, 15) is 0 Å². The van der Waals surface area contributed by atoms with Crippen molar-refractivity contribution in [1.29, 1.82) is 0 Å². The van der Waals surface area contributed by atoms with E-state index in [2.05, 4.69) is 264 Å². The summed E-state index contributed by atoms with van der Waals surface area (Å²) in [5.74, 6) is 3.67. The first-order valence-electron chi connectivity index (χ1n) is 37.5. The van der Waals surface area contributed by atoms with Crippen LogP contribution in [0.4, 0.5) is 0 Å². The summed E-state index contributed by atoms with van der Waals surface area (Å²) in [7, 11) is 0. The highest BCUT2D eigenvalue weighted by Crippen LogP contribution is 2.46. The van der Waals surface area contributed by atoms with Crippen molar-refractivity contribution in [3.63, 3.8) is 0 Å². The maximum absolute atomic E-state index is 6.94. The van der Waals surface area contributed by atoms with Crippen molar-refractivity contribution in [2.24, 2.45) is 0 Å². The van der Waals surface area contributed by atoms with Crippen LogP contribution in [-0.2, 0) is 0 Å². The van der Waals surface area contributed by atoms with Crippen LogP contribution in [0.25, 0.3) is 212 Å². The van der Waals surface area contributed by atoms with E-state index < -0.39 is 0 Å². The van der Waals surface area contributed by atoms with Crippen molar-refractivity contribution < 1.29 is 8.83 Å². The molecule has 10 heteroatoms. The van der Waals surface area contributed by atoms with Crippen molar-refractivity contribution in [3.05, 3.63) is 388 Å². The molecule has 0 N–H and O–H groups in total. The Morgan fingerprint density at radius 1 is 0.170 bits per heavy atom. The van der Waals surface area contributed by atoms with Gasteiger partial charge in [0.05, 0.1) is 22.1 Å². The molecule has 22 rings (SSSR count). The Labute approximate surface area is 643 Å². The van der Waals surface area contributed by atoms with Crippen LogP contribution in [0, 0.1) is 0 Å². The van der Waals surface area contributed by atoms with Gasteiger partial charge < -0.3 is 18.0 Å². The summed E-state index contributed by atoms with van der Waals surface area (Å²) in [6.07, 6.45) is 0. The molecule has 0 aliphatic carbocycles. The molecule has 6 heterocycles. The van der Waals surface area contributed by atoms with E-state index in [-0.39, 0.29) is 0 Å². The molecule has 0 atom stereocenters. The van der Waals surface area contributed by atoms with E-state index in [4.69, 9.17) is 38.7 Å². The molecule has 0 saturated heterocycles. The lowest BCUT2D eigenvalue weighted by Gasteiger charge is -2.14. The fourth-order valence-electron chi connectivity index (χ4n) is 16.0. The number of aromatic nitrogens is 8. The van der Waals surface area contributed by atoms with Crippen LogP contribution < -0.4 is 0 Å². The number of rotatable bonds is 12. The van der Waals surface area contributed by atoms with Gasteiger partial charge in [-0.2, -0.15) is 0 Å². The van der Waals surface area contributed by atoms with Gasteiger partial charge in [-0.25, -0.2) is 29.9 Å². The summed E-state index contributed by atoms with van der Waals surface area (Å²) in [5.41, 5.74) is 24.1. The summed E-state index contributed by atoms with van der Waals surface area (Å²) in [4.78, 5) is 30.6. The Morgan fingerprint density at radius 3 is 0.973 bits per heavy atom. The lowest BCUT2D eigenvalue weighted by molar-refractivity contribution is 0.669. The third-order valence-electron chi connectivity index (χ3n) is 21.3. The van der Waals surface area contributed by atoms with E-state index in [0.29, 0.717) is 34.9 Å². The number of hydrogen-bond acceptors (Lipinski definition) is 8. The number of fused-ring (bicyclic) bond motifs is 12. The zero-order valence-electron chi connectivity index (χ0n) is 60.3. The molecule has 0 aliphatic rings. The molecule has 0 unspecified atom stereocenters. The van der Waals surface area contributed by atoms with E-state index in [1.165, 1.54) is 16.3 Å². The summed E-state index contributed by atoms with van der Waals surface area (Å²) in [6, 6.07) is 135. The van der Waals surface area contributed by atoms with Crippen LogP contribution in [0.15, 0.2) is 397 Å². The predicted octanol–water partition coefficient (Wildman–Crippen LogP) is 26.4. The van der Waals surface area contributed by atoms with Gasteiger partial charge in [0.15, 0.2) is 34.9 Å². The highest BCUT2D eigenvalue weighted by molar-refractivity contribution is 6.20. The van der Waals surface area contributed by atoms with E-state index in [0.717, 1.165) is 160 Å². The van der Waals surface area contributed by atoms with Gasteiger partial charge in [0.2, 0.25) is 0 Å². The Balaban J connectivity index is 0.000000141. The van der Waals surface area contributed by atoms with Crippen molar-refractivity contribution in [3.8, 4) is 124 Å². The molecule has 0 saturated carbocycles. The topological polar surface area (TPSA) is 113 Å². The van der Waals surface area contributed by atoms with E-state index >= 15 is 0 Å². The maximum atomic E-state index is 6.94. The predicted molar refractivity (Wildman–Crippen MR) is 457 cm³/mol. The van der Waals surface area contributed by atoms with E-state index in [1.54, 1.807) is 0 Å². The summed E-state index contributed by atoms with van der Waals surface area (Å²) < 4.78 is 18.4. The first-order valence-corrected chi connectivity index (χ1v) is 37.5. The molecule has 16 aromatic carbocycles. The minimum absolute atomic E-state index is 0.590. The van der Waals surface area contributed by atoms with Gasteiger partial charge >= 0.3 is 0 Å². The molecular weight excluding hydrogens is 1370 g/mol. The average molecular weight is 1430 g/mol. The number of benzene rings is 16. The van der Waals surface area contributed by atoms with Gasteiger partial charge in [0, 0.05) is 93.4 Å². The van der Waals surface area contributed by atoms with Crippen LogP contribution in [0.2, 0.25) is 0 Å². The van der Waals surface area contributed by atoms with Gasteiger partial charge in [-0.1, -0.05) is 303 Å². The molecule has 524 valence electrons. The zero-order valence-corrected chi connectivity index (χ0v) is 60.3. The molecule has 0 aliphatic heterocycles. The second-order valence-corrected chi connectivity index (χ2v) is 28.0. The standard InChI is InChI=1S/2C51H32N4O/c1-5-16-33(17-6-1)36-28-29-38(44(30-36)51-53-49(34-18-7-2-8-19-34)52-50(54-51)35-20-9-3-10-21-35)40-25-15-26-41-43-31-46-42(32-47(43)56-48(40)41)39-24-13-14-27-45(39)55(46)37-22-11-4-12-23-37;1-5-15-33(16-6-1)36-25-27-39(44(29-36)51-53-49(34-17-7-2-8-18-34)52-50(54-51)35-19-9-3-10-20-35)37-26-28-41-43-31-46-42(32-48(43)56-47(41)30-37)40-23-13-14-24-45(40)55(46)38-21-11-4-12-22-38/h2*1-32H. The van der Waals surface area contributed by atoms with Crippen LogP contribution in [0.1, 0.15) is 0 Å². The first kappa shape index (κ1) is 65.1. The van der Waals surface area contributed by atoms with E-state index in [1.807, 2.05) is 133 Å². The second-order valence-electron chi connectivity index (χ2n) is 28.0. The van der Waals surface area contributed by atoms with Crippen molar-refractivity contribution in [2.75, 3.05) is 0 Å². The third-order valence-corrected chi connectivity index (χ3v) is 21.3. The minimum atomic E-state index is 0.590. The van der Waals surface area contributed by atoms with Crippen LogP contribution in [0.5, 0.6) is 0 Å². The Kier molecular flexibility index (Phi) is 16.0. The molecule has 0 radical (unpaired) electrons. The van der Waals surface area contributed by atoms with Gasteiger partial charge in [-0.3, -0.25) is 0 Å². The van der Waals surface area contributed by atoms with Crippen LogP contribution in [0.3, 0.4) is 0 Å². The molecule has 112 heavy (non-hydrogen) atoms. The number of hydrogen-bond donors (Lipinski definition) is 0. The van der Waals surface area contributed by atoms with Gasteiger partial charge in [-0.15, -0.1) is 0 Å². The molecule has 0 amide bonds. The summed E-state index contributed by atoms with van der Waals surface area (Å²) in [5, 5.41) is 8.95. The number of para-hydroxylation sites is 5.